The molecule has 0 aliphatic carbocycles. The van der Waals surface area contributed by atoms with Crippen molar-refractivity contribution in [2.24, 2.45) is 5.92 Å². The van der Waals surface area contributed by atoms with E-state index >= 15 is 0 Å². The Labute approximate surface area is 99.0 Å². The Morgan fingerprint density at radius 2 is 1.88 bits per heavy atom. The standard InChI is InChI=1S/C14H23NO/c1-4-16-11-10-15-14(12(2)3)13-8-6-5-7-9-13/h5-9,12,14-15H,4,10-11H2,1-3H3. The van der Waals surface area contributed by atoms with Gasteiger partial charge in [0.15, 0.2) is 0 Å². The summed E-state index contributed by atoms with van der Waals surface area (Å²) >= 11 is 0. The minimum Gasteiger partial charge on any atom is -0.380 e. The van der Waals surface area contributed by atoms with Crippen LogP contribution in [0.25, 0.3) is 0 Å². The van der Waals surface area contributed by atoms with Gasteiger partial charge >= 0.3 is 0 Å². The normalized spacial score (nSPS) is 13.0. The topological polar surface area (TPSA) is 21.3 Å². The Kier molecular flexibility index (Phi) is 6.12. The van der Waals surface area contributed by atoms with E-state index in [0.717, 1.165) is 19.8 Å². The van der Waals surface area contributed by atoms with Crippen molar-refractivity contribution in [3.05, 3.63) is 35.9 Å². The number of hydrogen-bond acceptors (Lipinski definition) is 2. The zero-order valence-corrected chi connectivity index (χ0v) is 10.6. The van der Waals surface area contributed by atoms with Gasteiger partial charge in [0.1, 0.15) is 0 Å². The molecule has 1 unspecified atom stereocenters. The van der Waals surface area contributed by atoms with Gasteiger partial charge in [-0.15, -0.1) is 0 Å². The minimum atomic E-state index is 0.418. The summed E-state index contributed by atoms with van der Waals surface area (Å²) < 4.78 is 5.34. The summed E-state index contributed by atoms with van der Waals surface area (Å²) in [6, 6.07) is 11.0. The zero-order valence-electron chi connectivity index (χ0n) is 10.6. The zero-order chi connectivity index (χ0) is 11.8. The lowest BCUT2D eigenvalue weighted by molar-refractivity contribution is 0.145. The van der Waals surface area contributed by atoms with Gasteiger partial charge in [0.05, 0.1) is 6.61 Å². The summed E-state index contributed by atoms with van der Waals surface area (Å²) in [6.45, 7) is 8.99. The van der Waals surface area contributed by atoms with Gasteiger partial charge in [0, 0.05) is 19.2 Å². The van der Waals surface area contributed by atoms with Crippen molar-refractivity contribution in [1.82, 2.24) is 5.32 Å². The highest BCUT2D eigenvalue weighted by Crippen LogP contribution is 2.20. The Balaban J connectivity index is 2.49. The van der Waals surface area contributed by atoms with Gasteiger partial charge < -0.3 is 10.1 Å². The van der Waals surface area contributed by atoms with Crippen molar-refractivity contribution in [3.63, 3.8) is 0 Å². The fourth-order valence-corrected chi connectivity index (χ4v) is 1.83. The second-order valence-electron chi connectivity index (χ2n) is 4.28. The molecular weight excluding hydrogens is 198 g/mol. The molecule has 1 aromatic rings. The first kappa shape index (κ1) is 13.2. The molecule has 90 valence electrons. The summed E-state index contributed by atoms with van der Waals surface area (Å²) in [5, 5.41) is 3.55. The summed E-state index contributed by atoms with van der Waals surface area (Å²) in [4.78, 5) is 0. The highest BCUT2D eigenvalue weighted by Gasteiger charge is 2.13. The molecule has 1 aromatic carbocycles. The van der Waals surface area contributed by atoms with Crippen LogP contribution in [0.5, 0.6) is 0 Å². The highest BCUT2D eigenvalue weighted by molar-refractivity contribution is 5.19. The summed E-state index contributed by atoms with van der Waals surface area (Å²) in [6.07, 6.45) is 0. The summed E-state index contributed by atoms with van der Waals surface area (Å²) in [7, 11) is 0. The van der Waals surface area contributed by atoms with Gasteiger partial charge in [-0.25, -0.2) is 0 Å². The molecule has 0 radical (unpaired) electrons. The van der Waals surface area contributed by atoms with Crippen LogP contribution < -0.4 is 5.32 Å². The van der Waals surface area contributed by atoms with E-state index in [1.54, 1.807) is 0 Å². The molecule has 16 heavy (non-hydrogen) atoms. The Hall–Kier alpha value is -0.860. The second-order valence-corrected chi connectivity index (χ2v) is 4.28. The first-order valence-electron chi connectivity index (χ1n) is 6.11. The number of benzene rings is 1. The van der Waals surface area contributed by atoms with E-state index in [2.05, 4.69) is 49.5 Å². The fraction of sp³-hybridized carbons (Fsp3) is 0.571. The monoisotopic (exact) mass is 221 g/mol. The van der Waals surface area contributed by atoms with E-state index in [1.165, 1.54) is 5.56 Å². The second kappa shape index (κ2) is 7.42. The molecule has 0 amide bonds. The summed E-state index contributed by atoms with van der Waals surface area (Å²) in [5.41, 5.74) is 1.36. The molecule has 0 bridgehead atoms. The molecule has 0 fully saturated rings. The first-order valence-corrected chi connectivity index (χ1v) is 6.11. The number of hydrogen-bond donors (Lipinski definition) is 1. The molecule has 0 saturated carbocycles. The van der Waals surface area contributed by atoms with E-state index in [1.807, 2.05) is 6.92 Å². The molecule has 1 rings (SSSR count). The maximum atomic E-state index is 5.34. The number of ether oxygens (including phenoxy) is 1. The lowest BCUT2D eigenvalue weighted by Gasteiger charge is -2.23. The number of nitrogens with one attached hydrogen (secondary N) is 1. The number of rotatable bonds is 7. The molecule has 0 aliphatic heterocycles. The molecule has 2 nitrogen and oxygen atoms in total. The van der Waals surface area contributed by atoms with Gasteiger partial charge in [-0.05, 0) is 18.4 Å². The van der Waals surface area contributed by atoms with Crippen LogP contribution in [-0.2, 0) is 4.74 Å². The van der Waals surface area contributed by atoms with E-state index in [0.29, 0.717) is 12.0 Å². The third-order valence-electron chi connectivity index (χ3n) is 2.64. The van der Waals surface area contributed by atoms with Crippen LogP contribution in [0.15, 0.2) is 30.3 Å². The van der Waals surface area contributed by atoms with E-state index in [-0.39, 0.29) is 0 Å². The molecule has 0 aromatic heterocycles. The van der Waals surface area contributed by atoms with Crippen molar-refractivity contribution >= 4 is 0 Å². The lowest BCUT2D eigenvalue weighted by Crippen LogP contribution is -2.28. The third kappa shape index (κ3) is 4.33. The molecule has 0 heterocycles. The Morgan fingerprint density at radius 3 is 2.44 bits per heavy atom. The average molecular weight is 221 g/mol. The molecule has 2 heteroatoms. The van der Waals surface area contributed by atoms with Crippen LogP contribution in [0.2, 0.25) is 0 Å². The smallest absolute Gasteiger partial charge is 0.0590 e. The highest BCUT2D eigenvalue weighted by atomic mass is 16.5. The molecule has 1 atom stereocenters. The van der Waals surface area contributed by atoms with Gasteiger partial charge in [-0.2, -0.15) is 0 Å². The SMILES string of the molecule is CCOCCNC(c1ccccc1)C(C)C. The van der Waals surface area contributed by atoms with Crippen molar-refractivity contribution < 1.29 is 4.74 Å². The van der Waals surface area contributed by atoms with Crippen LogP contribution in [-0.4, -0.2) is 19.8 Å². The predicted octanol–water partition coefficient (Wildman–Crippen LogP) is 3.01. The van der Waals surface area contributed by atoms with E-state index < -0.39 is 0 Å². The van der Waals surface area contributed by atoms with Crippen molar-refractivity contribution in [1.29, 1.82) is 0 Å². The van der Waals surface area contributed by atoms with Gasteiger partial charge in [-0.3, -0.25) is 0 Å². The molecule has 1 N–H and O–H groups in total. The van der Waals surface area contributed by atoms with Crippen molar-refractivity contribution in [3.8, 4) is 0 Å². The quantitative estimate of drug-likeness (QED) is 0.715. The van der Waals surface area contributed by atoms with Crippen LogP contribution >= 0.6 is 0 Å². The van der Waals surface area contributed by atoms with Crippen LogP contribution in [0.3, 0.4) is 0 Å². The first-order chi connectivity index (χ1) is 7.75. The van der Waals surface area contributed by atoms with Gasteiger partial charge in [0.2, 0.25) is 0 Å². The lowest BCUT2D eigenvalue weighted by atomic mass is 9.96. The molecule has 0 spiro atoms. The van der Waals surface area contributed by atoms with Gasteiger partial charge in [0.25, 0.3) is 0 Å². The van der Waals surface area contributed by atoms with Crippen LogP contribution in [0.1, 0.15) is 32.4 Å². The average Bonchev–Trinajstić information content (AvgIpc) is 2.30. The maximum Gasteiger partial charge on any atom is 0.0590 e. The van der Waals surface area contributed by atoms with E-state index in [4.69, 9.17) is 4.74 Å². The van der Waals surface area contributed by atoms with Crippen LogP contribution in [0.4, 0.5) is 0 Å². The van der Waals surface area contributed by atoms with Gasteiger partial charge in [-0.1, -0.05) is 44.2 Å². The Morgan fingerprint density at radius 1 is 1.19 bits per heavy atom. The van der Waals surface area contributed by atoms with E-state index in [9.17, 15) is 0 Å². The van der Waals surface area contributed by atoms with Crippen molar-refractivity contribution in [2.75, 3.05) is 19.8 Å². The maximum absolute atomic E-state index is 5.34. The molecule has 0 saturated heterocycles. The minimum absolute atomic E-state index is 0.418. The van der Waals surface area contributed by atoms with Crippen LogP contribution in [0, 0.1) is 5.92 Å². The third-order valence-corrected chi connectivity index (χ3v) is 2.64. The largest absolute Gasteiger partial charge is 0.380 e. The molecular formula is C14H23NO. The predicted molar refractivity (Wildman–Crippen MR) is 68.5 cm³/mol. The Bertz CT molecular complexity index is 271. The summed E-state index contributed by atoms with van der Waals surface area (Å²) in [5.74, 6) is 0.587. The fourth-order valence-electron chi connectivity index (χ4n) is 1.83. The van der Waals surface area contributed by atoms with Crippen molar-refractivity contribution in [2.45, 2.75) is 26.8 Å². The molecule has 0 aliphatic rings.